The first-order chi connectivity index (χ1) is 12.0. The van der Waals surface area contributed by atoms with Gasteiger partial charge in [0.05, 0.1) is 12.6 Å². The number of amides is 1. The third-order valence-corrected chi connectivity index (χ3v) is 4.05. The Morgan fingerprint density at radius 3 is 2.48 bits per heavy atom. The topological polar surface area (TPSA) is 75.4 Å². The fourth-order valence-corrected chi connectivity index (χ4v) is 2.56. The normalized spacial score (nSPS) is 12.0. The Kier molecular flexibility index (Phi) is 6.47. The van der Waals surface area contributed by atoms with Crippen molar-refractivity contribution in [1.82, 2.24) is 14.7 Å². The second-order valence-electron chi connectivity index (χ2n) is 6.05. The summed E-state index contributed by atoms with van der Waals surface area (Å²) in [5.74, 6) is -0.293. The fraction of sp³-hybridized carbons (Fsp3) is 0.421. The van der Waals surface area contributed by atoms with Gasteiger partial charge in [-0.25, -0.2) is 4.68 Å². The number of rotatable bonds is 7. The van der Waals surface area contributed by atoms with Crippen LogP contribution in [0.1, 0.15) is 48.0 Å². The minimum absolute atomic E-state index is 0.174. The second kappa shape index (κ2) is 8.58. The maximum Gasteiger partial charge on any atom is 0.274 e. The number of aliphatic hydroxyl groups is 1. The van der Waals surface area contributed by atoms with Crippen molar-refractivity contribution in [3.05, 3.63) is 63.6 Å². The summed E-state index contributed by atoms with van der Waals surface area (Å²) < 4.78 is 1.30. The molecule has 0 spiro atoms. The minimum atomic E-state index is -0.772. The third kappa shape index (κ3) is 4.76. The first kappa shape index (κ1) is 18.9. The summed E-state index contributed by atoms with van der Waals surface area (Å²) in [4.78, 5) is 26.0. The third-order valence-electron chi connectivity index (χ3n) is 4.05. The highest BCUT2D eigenvalue weighted by atomic mass is 16.3. The van der Waals surface area contributed by atoms with Crippen molar-refractivity contribution >= 4 is 5.91 Å². The number of carbonyl (C=O) groups is 1. The molecule has 1 amide bonds. The Balaban J connectivity index is 2.16. The first-order valence-corrected chi connectivity index (χ1v) is 8.58. The lowest BCUT2D eigenvalue weighted by molar-refractivity contribution is 0.0626. The monoisotopic (exact) mass is 343 g/mol. The van der Waals surface area contributed by atoms with E-state index in [2.05, 4.69) is 5.10 Å². The SMILES string of the molecule is CCCn1nc(C(=O)N(CC)CC(O)c2ccc(C)cc2)ccc1=O. The Labute approximate surface area is 147 Å². The summed E-state index contributed by atoms with van der Waals surface area (Å²) >= 11 is 0. The Morgan fingerprint density at radius 2 is 1.88 bits per heavy atom. The quantitative estimate of drug-likeness (QED) is 0.836. The Morgan fingerprint density at radius 1 is 1.20 bits per heavy atom. The van der Waals surface area contributed by atoms with Crippen LogP contribution in [0.2, 0.25) is 0 Å². The van der Waals surface area contributed by atoms with Crippen molar-refractivity contribution in [2.24, 2.45) is 0 Å². The largest absolute Gasteiger partial charge is 0.387 e. The van der Waals surface area contributed by atoms with Crippen LogP contribution in [0.25, 0.3) is 0 Å². The van der Waals surface area contributed by atoms with Gasteiger partial charge in [-0.05, 0) is 31.9 Å². The van der Waals surface area contributed by atoms with Crippen LogP contribution in [0.15, 0.2) is 41.2 Å². The van der Waals surface area contributed by atoms with Crippen LogP contribution in [0.5, 0.6) is 0 Å². The average Bonchev–Trinajstić information content (AvgIpc) is 2.61. The van der Waals surface area contributed by atoms with Gasteiger partial charge in [0.25, 0.3) is 11.5 Å². The van der Waals surface area contributed by atoms with Gasteiger partial charge < -0.3 is 10.0 Å². The van der Waals surface area contributed by atoms with Gasteiger partial charge in [0.1, 0.15) is 5.69 Å². The number of benzene rings is 1. The molecule has 1 aromatic heterocycles. The highest BCUT2D eigenvalue weighted by Gasteiger charge is 2.20. The molecule has 0 saturated heterocycles. The molecule has 0 aliphatic heterocycles. The molecule has 2 rings (SSSR count). The highest BCUT2D eigenvalue weighted by Crippen LogP contribution is 2.16. The van der Waals surface area contributed by atoms with Gasteiger partial charge >= 0.3 is 0 Å². The maximum absolute atomic E-state index is 12.7. The number of hydrogen-bond donors (Lipinski definition) is 1. The van der Waals surface area contributed by atoms with E-state index in [4.69, 9.17) is 0 Å². The van der Waals surface area contributed by atoms with Crippen molar-refractivity contribution in [3.63, 3.8) is 0 Å². The second-order valence-corrected chi connectivity index (χ2v) is 6.05. The maximum atomic E-state index is 12.7. The number of aliphatic hydroxyl groups excluding tert-OH is 1. The molecule has 6 heteroatoms. The lowest BCUT2D eigenvalue weighted by Crippen LogP contribution is -2.36. The smallest absolute Gasteiger partial charge is 0.274 e. The van der Waals surface area contributed by atoms with E-state index >= 15 is 0 Å². The average molecular weight is 343 g/mol. The highest BCUT2D eigenvalue weighted by molar-refractivity contribution is 5.92. The van der Waals surface area contributed by atoms with Gasteiger partial charge in [-0.3, -0.25) is 9.59 Å². The van der Waals surface area contributed by atoms with Crippen LogP contribution in [0, 0.1) is 6.92 Å². The molecule has 1 N–H and O–H groups in total. The molecule has 1 atom stereocenters. The molecule has 0 fully saturated rings. The summed E-state index contributed by atoms with van der Waals surface area (Å²) in [6, 6.07) is 10.4. The van der Waals surface area contributed by atoms with Gasteiger partial charge in [0.2, 0.25) is 0 Å². The van der Waals surface area contributed by atoms with Gasteiger partial charge in [0, 0.05) is 19.2 Å². The van der Waals surface area contributed by atoms with Crippen molar-refractivity contribution in [2.45, 2.75) is 39.8 Å². The molecule has 0 aliphatic carbocycles. The predicted octanol–water partition coefficient (Wildman–Crippen LogP) is 2.16. The molecule has 25 heavy (non-hydrogen) atoms. The summed E-state index contributed by atoms with van der Waals surface area (Å²) in [5, 5.41) is 14.6. The lowest BCUT2D eigenvalue weighted by atomic mass is 10.1. The standard InChI is InChI=1S/C19H25N3O3/c1-4-12-22-18(24)11-10-16(20-22)19(25)21(5-2)13-17(23)15-8-6-14(3)7-9-15/h6-11,17,23H,4-5,12-13H2,1-3H3. The van der Waals surface area contributed by atoms with Gasteiger partial charge in [-0.2, -0.15) is 5.10 Å². The molecular weight excluding hydrogens is 318 g/mol. The van der Waals surface area contributed by atoms with Gasteiger partial charge in [-0.15, -0.1) is 0 Å². The van der Waals surface area contributed by atoms with Crippen LogP contribution >= 0.6 is 0 Å². The zero-order valence-electron chi connectivity index (χ0n) is 15.0. The van der Waals surface area contributed by atoms with Crippen LogP contribution < -0.4 is 5.56 Å². The molecule has 0 saturated carbocycles. The molecule has 1 heterocycles. The van der Waals surface area contributed by atoms with E-state index in [1.165, 1.54) is 21.7 Å². The Hall–Kier alpha value is -2.47. The van der Waals surface area contributed by atoms with Crippen LogP contribution in [-0.2, 0) is 6.54 Å². The van der Waals surface area contributed by atoms with E-state index in [1.807, 2.05) is 45.0 Å². The number of nitrogens with zero attached hydrogens (tertiary/aromatic N) is 3. The number of aromatic nitrogens is 2. The number of hydrogen-bond acceptors (Lipinski definition) is 4. The first-order valence-electron chi connectivity index (χ1n) is 8.58. The zero-order chi connectivity index (χ0) is 18.4. The number of aryl methyl sites for hydroxylation is 2. The van der Waals surface area contributed by atoms with Crippen molar-refractivity contribution in [1.29, 1.82) is 0 Å². The number of likely N-dealkylation sites (N-methyl/N-ethyl adjacent to an activating group) is 1. The molecule has 1 aromatic carbocycles. The fourth-order valence-electron chi connectivity index (χ4n) is 2.56. The summed E-state index contributed by atoms with van der Waals surface area (Å²) in [6.07, 6.45) is -0.0141. The van der Waals surface area contributed by atoms with E-state index in [0.717, 1.165) is 17.5 Å². The summed E-state index contributed by atoms with van der Waals surface area (Å²) in [7, 11) is 0. The van der Waals surface area contributed by atoms with E-state index in [-0.39, 0.29) is 23.7 Å². The molecule has 6 nitrogen and oxygen atoms in total. The van der Waals surface area contributed by atoms with E-state index < -0.39 is 6.10 Å². The molecular formula is C19H25N3O3. The van der Waals surface area contributed by atoms with E-state index in [1.54, 1.807) is 0 Å². The van der Waals surface area contributed by atoms with Gasteiger partial charge in [0.15, 0.2) is 0 Å². The molecule has 0 bridgehead atoms. The minimum Gasteiger partial charge on any atom is -0.387 e. The van der Waals surface area contributed by atoms with Crippen LogP contribution in [0.4, 0.5) is 0 Å². The summed E-state index contributed by atoms with van der Waals surface area (Å²) in [5.41, 5.74) is 1.87. The van der Waals surface area contributed by atoms with Crippen molar-refractivity contribution < 1.29 is 9.90 Å². The van der Waals surface area contributed by atoms with Gasteiger partial charge in [-0.1, -0.05) is 36.8 Å². The molecule has 0 aliphatic rings. The molecule has 1 unspecified atom stereocenters. The zero-order valence-corrected chi connectivity index (χ0v) is 15.0. The van der Waals surface area contributed by atoms with Crippen molar-refractivity contribution in [2.75, 3.05) is 13.1 Å². The Bertz CT molecular complexity index is 768. The van der Waals surface area contributed by atoms with Crippen molar-refractivity contribution in [3.8, 4) is 0 Å². The predicted molar refractivity (Wildman–Crippen MR) is 96.5 cm³/mol. The van der Waals surface area contributed by atoms with E-state index in [0.29, 0.717) is 13.1 Å². The number of carbonyl (C=O) groups excluding carboxylic acids is 1. The molecule has 0 radical (unpaired) electrons. The van der Waals surface area contributed by atoms with Crippen LogP contribution in [0.3, 0.4) is 0 Å². The summed E-state index contributed by atoms with van der Waals surface area (Å²) in [6.45, 7) is 6.86. The molecule has 2 aromatic rings. The lowest BCUT2D eigenvalue weighted by Gasteiger charge is -2.24. The molecule has 134 valence electrons. The van der Waals surface area contributed by atoms with Crippen LogP contribution in [-0.4, -0.2) is 38.8 Å². The van der Waals surface area contributed by atoms with E-state index in [9.17, 15) is 14.7 Å².